The molecular weight excluding hydrogens is 290 g/mol. The van der Waals surface area contributed by atoms with Gasteiger partial charge in [-0.3, -0.25) is 0 Å². The van der Waals surface area contributed by atoms with E-state index < -0.39 is 0 Å². The van der Waals surface area contributed by atoms with Crippen molar-refractivity contribution in [2.75, 3.05) is 27.4 Å². The molecule has 2 aromatic carbocycles. The number of hydrogen-bond acceptors (Lipinski definition) is 4. The molecular formula is C19H25NO3. The lowest BCUT2D eigenvalue weighted by Crippen LogP contribution is -2.11. The molecule has 0 radical (unpaired) electrons. The van der Waals surface area contributed by atoms with Gasteiger partial charge in [0, 0.05) is 6.54 Å². The van der Waals surface area contributed by atoms with Crippen molar-refractivity contribution in [2.45, 2.75) is 20.4 Å². The summed E-state index contributed by atoms with van der Waals surface area (Å²) in [4.78, 5) is 0. The Bertz CT molecular complexity index is 620. The molecule has 0 aliphatic heterocycles. The minimum Gasteiger partial charge on any atom is -0.493 e. The number of nitrogens with one attached hydrogen (secondary N) is 1. The van der Waals surface area contributed by atoms with Crippen molar-refractivity contribution in [3.05, 3.63) is 53.1 Å². The number of hydrogen-bond donors (Lipinski definition) is 1. The lowest BCUT2D eigenvalue weighted by molar-refractivity contribution is 0.209. The average Bonchev–Trinajstić information content (AvgIpc) is 2.54. The van der Waals surface area contributed by atoms with Crippen LogP contribution in [0, 0.1) is 13.8 Å². The van der Waals surface area contributed by atoms with Gasteiger partial charge in [-0.1, -0.05) is 24.3 Å². The van der Waals surface area contributed by atoms with Gasteiger partial charge in [0.25, 0.3) is 0 Å². The molecule has 1 N–H and O–H groups in total. The van der Waals surface area contributed by atoms with Crippen molar-refractivity contribution in [3.8, 4) is 17.2 Å². The Morgan fingerprint density at radius 1 is 0.913 bits per heavy atom. The summed E-state index contributed by atoms with van der Waals surface area (Å²) in [6.07, 6.45) is 0. The van der Waals surface area contributed by atoms with Crippen LogP contribution in [0.1, 0.15) is 16.7 Å². The Labute approximate surface area is 138 Å². The smallest absolute Gasteiger partial charge is 0.161 e. The third kappa shape index (κ3) is 4.63. The van der Waals surface area contributed by atoms with E-state index in [4.69, 9.17) is 14.2 Å². The van der Waals surface area contributed by atoms with Crippen molar-refractivity contribution >= 4 is 0 Å². The Morgan fingerprint density at radius 3 is 2.26 bits per heavy atom. The van der Waals surface area contributed by atoms with E-state index in [0.717, 1.165) is 40.5 Å². The van der Waals surface area contributed by atoms with Crippen LogP contribution in [-0.4, -0.2) is 27.4 Å². The molecule has 0 bridgehead atoms. The number of para-hydroxylation sites is 1. The average molecular weight is 315 g/mol. The fraction of sp³-hybridized carbons (Fsp3) is 0.368. The summed E-state index contributed by atoms with van der Waals surface area (Å²) in [6.45, 7) is 5.85. The second-order valence-electron chi connectivity index (χ2n) is 5.43. The standard InChI is InChI=1S/C19H25NO3/c1-14-6-5-7-15(2)19(14)23-11-10-22-18-12-16(13-20-3)8-9-17(18)21-4/h5-9,12,20H,10-11,13H2,1-4H3. The highest BCUT2D eigenvalue weighted by atomic mass is 16.5. The van der Waals surface area contributed by atoms with Gasteiger partial charge in [-0.05, 0) is 49.7 Å². The molecule has 2 rings (SSSR count). The predicted octanol–water partition coefficient (Wildman–Crippen LogP) is 3.49. The third-order valence-corrected chi connectivity index (χ3v) is 3.60. The van der Waals surface area contributed by atoms with Crippen LogP contribution in [0.3, 0.4) is 0 Å². The van der Waals surface area contributed by atoms with Crippen LogP contribution in [0.15, 0.2) is 36.4 Å². The molecule has 0 aromatic heterocycles. The van der Waals surface area contributed by atoms with E-state index in [9.17, 15) is 0 Å². The summed E-state index contributed by atoms with van der Waals surface area (Å²) in [5.41, 5.74) is 3.43. The van der Waals surface area contributed by atoms with Crippen LogP contribution in [0.4, 0.5) is 0 Å². The topological polar surface area (TPSA) is 39.7 Å². The third-order valence-electron chi connectivity index (χ3n) is 3.60. The monoisotopic (exact) mass is 315 g/mol. The van der Waals surface area contributed by atoms with Gasteiger partial charge in [-0.15, -0.1) is 0 Å². The molecule has 4 nitrogen and oxygen atoms in total. The SMILES string of the molecule is CNCc1ccc(OC)c(OCCOc2c(C)cccc2C)c1. The molecule has 124 valence electrons. The van der Waals surface area contributed by atoms with Crippen LogP contribution >= 0.6 is 0 Å². The lowest BCUT2D eigenvalue weighted by atomic mass is 10.1. The van der Waals surface area contributed by atoms with Crippen LogP contribution < -0.4 is 19.5 Å². The lowest BCUT2D eigenvalue weighted by Gasteiger charge is -2.14. The summed E-state index contributed by atoms with van der Waals surface area (Å²) < 4.78 is 17.0. The first-order valence-corrected chi connectivity index (χ1v) is 7.79. The van der Waals surface area contributed by atoms with Gasteiger partial charge in [0.2, 0.25) is 0 Å². The molecule has 0 aliphatic rings. The summed E-state index contributed by atoms with van der Waals surface area (Å²) >= 11 is 0. The van der Waals surface area contributed by atoms with Gasteiger partial charge in [-0.2, -0.15) is 0 Å². The van der Waals surface area contributed by atoms with Gasteiger partial charge in [0.1, 0.15) is 19.0 Å². The normalized spacial score (nSPS) is 10.4. The summed E-state index contributed by atoms with van der Waals surface area (Å²) in [7, 11) is 3.57. The van der Waals surface area contributed by atoms with E-state index >= 15 is 0 Å². The highest BCUT2D eigenvalue weighted by Crippen LogP contribution is 2.28. The first-order valence-electron chi connectivity index (χ1n) is 7.79. The largest absolute Gasteiger partial charge is 0.493 e. The summed E-state index contributed by atoms with van der Waals surface area (Å²) in [6, 6.07) is 12.1. The molecule has 0 atom stereocenters. The number of aryl methyl sites for hydroxylation is 2. The second kappa shape index (κ2) is 8.44. The predicted molar refractivity (Wildman–Crippen MR) is 92.7 cm³/mol. The van der Waals surface area contributed by atoms with Crippen molar-refractivity contribution in [3.63, 3.8) is 0 Å². The molecule has 0 spiro atoms. The van der Waals surface area contributed by atoms with Gasteiger partial charge >= 0.3 is 0 Å². The molecule has 0 unspecified atom stereocenters. The molecule has 0 saturated carbocycles. The van der Waals surface area contributed by atoms with Crippen molar-refractivity contribution < 1.29 is 14.2 Å². The minimum atomic E-state index is 0.465. The first-order chi connectivity index (χ1) is 11.2. The zero-order chi connectivity index (χ0) is 16.7. The fourth-order valence-electron chi connectivity index (χ4n) is 2.47. The molecule has 4 heteroatoms. The Morgan fingerprint density at radius 2 is 1.61 bits per heavy atom. The fourth-order valence-corrected chi connectivity index (χ4v) is 2.47. The summed E-state index contributed by atoms with van der Waals surface area (Å²) in [5, 5.41) is 3.13. The number of ether oxygens (including phenoxy) is 3. The molecule has 2 aromatic rings. The first kappa shape index (κ1) is 17.2. The highest BCUT2D eigenvalue weighted by Gasteiger charge is 2.07. The van der Waals surface area contributed by atoms with E-state index in [2.05, 4.69) is 5.32 Å². The highest BCUT2D eigenvalue weighted by molar-refractivity contribution is 5.43. The van der Waals surface area contributed by atoms with Crippen LogP contribution in [-0.2, 0) is 6.54 Å². The van der Waals surface area contributed by atoms with E-state index in [1.54, 1.807) is 7.11 Å². The maximum Gasteiger partial charge on any atom is 0.161 e. The van der Waals surface area contributed by atoms with E-state index in [0.29, 0.717) is 13.2 Å². The second-order valence-corrected chi connectivity index (χ2v) is 5.43. The van der Waals surface area contributed by atoms with Crippen molar-refractivity contribution in [1.82, 2.24) is 5.32 Å². The minimum absolute atomic E-state index is 0.465. The Balaban J connectivity index is 1.94. The van der Waals surface area contributed by atoms with Gasteiger partial charge < -0.3 is 19.5 Å². The quantitative estimate of drug-likeness (QED) is 0.757. The van der Waals surface area contributed by atoms with E-state index in [1.807, 2.05) is 57.3 Å². The number of benzene rings is 2. The van der Waals surface area contributed by atoms with Gasteiger partial charge in [0.05, 0.1) is 7.11 Å². The Hall–Kier alpha value is -2.20. The summed E-state index contributed by atoms with van der Waals surface area (Å²) in [5.74, 6) is 2.41. The van der Waals surface area contributed by atoms with Crippen molar-refractivity contribution in [2.24, 2.45) is 0 Å². The molecule has 0 aliphatic carbocycles. The molecule has 0 fully saturated rings. The molecule has 0 heterocycles. The molecule has 0 saturated heterocycles. The maximum atomic E-state index is 5.86. The van der Waals surface area contributed by atoms with E-state index in [1.165, 1.54) is 0 Å². The van der Waals surface area contributed by atoms with Crippen LogP contribution in [0.5, 0.6) is 17.2 Å². The van der Waals surface area contributed by atoms with Crippen LogP contribution in [0.2, 0.25) is 0 Å². The van der Waals surface area contributed by atoms with Gasteiger partial charge in [0.15, 0.2) is 11.5 Å². The van der Waals surface area contributed by atoms with Crippen LogP contribution in [0.25, 0.3) is 0 Å². The van der Waals surface area contributed by atoms with Crippen molar-refractivity contribution in [1.29, 1.82) is 0 Å². The van der Waals surface area contributed by atoms with E-state index in [-0.39, 0.29) is 0 Å². The zero-order valence-electron chi connectivity index (χ0n) is 14.3. The Kier molecular flexibility index (Phi) is 6.29. The molecule has 23 heavy (non-hydrogen) atoms. The van der Waals surface area contributed by atoms with Gasteiger partial charge in [-0.25, -0.2) is 0 Å². The maximum absolute atomic E-state index is 5.86. The number of rotatable bonds is 8. The molecule has 0 amide bonds. The zero-order valence-corrected chi connectivity index (χ0v) is 14.3. The number of methoxy groups -OCH3 is 1.